The summed E-state index contributed by atoms with van der Waals surface area (Å²) in [6, 6.07) is 12.8. The number of benzene rings is 2. The molecule has 0 saturated heterocycles. The molecule has 33 heavy (non-hydrogen) atoms. The Morgan fingerprint density at radius 2 is 1.73 bits per heavy atom. The van der Waals surface area contributed by atoms with E-state index < -0.39 is 9.84 Å². The molecule has 1 amide bonds. The quantitative estimate of drug-likeness (QED) is 0.351. The van der Waals surface area contributed by atoms with Crippen LogP contribution in [0.2, 0.25) is 0 Å². The van der Waals surface area contributed by atoms with Gasteiger partial charge in [-0.05, 0) is 55.2 Å². The second-order valence-corrected chi connectivity index (χ2v) is 11.8. The van der Waals surface area contributed by atoms with E-state index in [9.17, 15) is 13.2 Å². The van der Waals surface area contributed by atoms with E-state index in [1.807, 2.05) is 18.4 Å². The molecule has 2 aromatic carbocycles. The van der Waals surface area contributed by atoms with Crippen molar-refractivity contribution in [1.82, 2.24) is 9.88 Å². The molecule has 0 saturated carbocycles. The van der Waals surface area contributed by atoms with Crippen LogP contribution in [0.5, 0.6) is 0 Å². The van der Waals surface area contributed by atoms with Crippen molar-refractivity contribution >= 4 is 54.2 Å². The Morgan fingerprint density at radius 1 is 1.03 bits per heavy atom. The van der Waals surface area contributed by atoms with E-state index >= 15 is 0 Å². The van der Waals surface area contributed by atoms with E-state index in [0.717, 1.165) is 35.4 Å². The number of likely N-dealkylation sites (N-methyl/N-ethyl adjacent to an activating group) is 1. The van der Waals surface area contributed by atoms with Gasteiger partial charge in [-0.25, -0.2) is 13.4 Å². The molecular weight excluding hydrogens is 474 g/mol. The van der Waals surface area contributed by atoms with Gasteiger partial charge in [0.15, 0.2) is 15.0 Å². The topological polar surface area (TPSA) is 70.6 Å². The van der Waals surface area contributed by atoms with Crippen LogP contribution >= 0.6 is 23.1 Å². The number of carbonyl (C=O) groups excluding carboxylic acids is 1. The van der Waals surface area contributed by atoms with Crippen molar-refractivity contribution < 1.29 is 13.2 Å². The van der Waals surface area contributed by atoms with Crippen molar-refractivity contribution in [1.29, 1.82) is 0 Å². The largest absolute Gasteiger partial charge is 0.302 e. The standard InChI is InChI=1S/C24H31N3O3S3/c1-5-26(6-2)14-15-27(24-25-21-13-10-19(31-4)17-22(21)32-24)23(28)16-18-8-11-20(12-9-18)33(29,30)7-3/h8-13,17H,5-7,14-16H2,1-4H3. The first-order valence-electron chi connectivity index (χ1n) is 11.1. The van der Waals surface area contributed by atoms with Crippen LogP contribution in [0.3, 0.4) is 0 Å². The summed E-state index contributed by atoms with van der Waals surface area (Å²) in [4.78, 5) is 23.7. The van der Waals surface area contributed by atoms with Crippen molar-refractivity contribution in [2.24, 2.45) is 0 Å². The fourth-order valence-corrected chi connectivity index (χ4v) is 5.94. The van der Waals surface area contributed by atoms with Gasteiger partial charge in [0.1, 0.15) is 0 Å². The van der Waals surface area contributed by atoms with Crippen molar-refractivity contribution in [3.05, 3.63) is 48.0 Å². The normalized spacial score (nSPS) is 11.9. The minimum Gasteiger partial charge on any atom is -0.302 e. The second kappa shape index (κ2) is 11.5. The molecule has 0 radical (unpaired) electrons. The lowest BCUT2D eigenvalue weighted by molar-refractivity contribution is -0.118. The molecule has 0 fully saturated rings. The molecule has 3 rings (SSSR count). The third-order valence-electron chi connectivity index (χ3n) is 5.67. The molecule has 9 heteroatoms. The lowest BCUT2D eigenvalue weighted by atomic mass is 10.1. The SMILES string of the molecule is CCN(CC)CCN(C(=O)Cc1ccc(S(=O)(=O)CC)cc1)c1nc2ccc(SC)cc2s1. The number of aromatic nitrogens is 1. The number of anilines is 1. The molecule has 178 valence electrons. The summed E-state index contributed by atoms with van der Waals surface area (Å²) in [5, 5.41) is 0.700. The van der Waals surface area contributed by atoms with E-state index in [4.69, 9.17) is 4.98 Å². The summed E-state index contributed by atoms with van der Waals surface area (Å²) >= 11 is 3.22. The maximum Gasteiger partial charge on any atom is 0.233 e. The number of thioether (sulfide) groups is 1. The zero-order valence-corrected chi connectivity index (χ0v) is 22.0. The number of fused-ring (bicyclic) bond motifs is 1. The number of hydrogen-bond acceptors (Lipinski definition) is 7. The molecule has 0 aliphatic carbocycles. The fourth-order valence-electron chi connectivity index (χ4n) is 3.49. The Kier molecular flexibility index (Phi) is 8.92. The number of sulfone groups is 1. The van der Waals surface area contributed by atoms with Gasteiger partial charge in [0.2, 0.25) is 5.91 Å². The number of hydrogen-bond donors (Lipinski definition) is 0. The van der Waals surface area contributed by atoms with Gasteiger partial charge in [0.25, 0.3) is 0 Å². The average molecular weight is 506 g/mol. The monoisotopic (exact) mass is 505 g/mol. The van der Waals surface area contributed by atoms with E-state index in [-0.39, 0.29) is 23.0 Å². The molecule has 0 unspecified atom stereocenters. The maximum absolute atomic E-state index is 13.4. The van der Waals surface area contributed by atoms with Crippen molar-refractivity contribution in [3.63, 3.8) is 0 Å². The summed E-state index contributed by atoms with van der Waals surface area (Å²) in [6.45, 7) is 9.01. The average Bonchev–Trinajstić information content (AvgIpc) is 3.24. The predicted molar refractivity (Wildman–Crippen MR) is 139 cm³/mol. The second-order valence-electron chi connectivity index (χ2n) is 7.63. The number of thiazole rings is 1. The molecule has 6 nitrogen and oxygen atoms in total. The highest BCUT2D eigenvalue weighted by Gasteiger charge is 2.21. The van der Waals surface area contributed by atoms with Crippen molar-refractivity contribution in [3.8, 4) is 0 Å². The minimum atomic E-state index is -3.26. The molecule has 0 spiro atoms. The summed E-state index contributed by atoms with van der Waals surface area (Å²) in [5.74, 6) is 0.0118. The summed E-state index contributed by atoms with van der Waals surface area (Å²) in [7, 11) is -3.26. The van der Waals surface area contributed by atoms with E-state index in [1.165, 1.54) is 16.2 Å². The van der Waals surface area contributed by atoms with Crippen LogP contribution in [-0.4, -0.2) is 62.4 Å². The van der Waals surface area contributed by atoms with E-state index in [1.54, 1.807) is 47.9 Å². The zero-order chi connectivity index (χ0) is 24.0. The Labute approximate surface area is 204 Å². The van der Waals surface area contributed by atoms with Gasteiger partial charge in [-0.3, -0.25) is 9.69 Å². The number of nitrogens with zero attached hydrogens (tertiary/aromatic N) is 3. The molecule has 0 aliphatic rings. The number of rotatable bonds is 11. The van der Waals surface area contributed by atoms with Crippen molar-refractivity contribution in [2.45, 2.75) is 37.0 Å². The van der Waals surface area contributed by atoms with E-state index in [0.29, 0.717) is 11.7 Å². The smallest absolute Gasteiger partial charge is 0.233 e. The maximum atomic E-state index is 13.4. The molecule has 1 heterocycles. The minimum absolute atomic E-state index is 0.0441. The van der Waals surface area contributed by atoms with Gasteiger partial charge in [0, 0.05) is 18.0 Å². The zero-order valence-electron chi connectivity index (χ0n) is 19.6. The van der Waals surface area contributed by atoms with Gasteiger partial charge in [0.05, 0.1) is 27.3 Å². The third kappa shape index (κ3) is 6.35. The predicted octanol–water partition coefficient (Wildman–Crippen LogP) is 4.73. The highest BCUT2D eigenvalue weighted by molar-refractivity contribution is 7.98. The van der Waals surface area contributed by atoms with Gasteiger partial charge in [-0.2, -0.15) is 0 Å². The molecule has 0 N–H and O–H groups in total. The lowest BCUT2D eigenvalue weighted by Gasteiger charge is -2.24. The Morgan fingerprint density at radius 3 is 2.33 bits per heavy atom. The molecule has 3 aromatic rings. The van der Waals surface area contributed by atoms with Gasteiger partial charge < -0.3 is 4.90 Å². The number of amides is 1. The Hall–Kier alpha value is -1.94. The molecule has 0 aliphatic heterocycles. The van der Waals surface area contributed by atoms with Gasteiger partial charge >= 0.3 is 0 Å². The first-order valence-corrected chi connectivity index (χ1v) is 14.8. The van der Waals surface area contributed by atoms with Crippen LogP contribution in [0.1, 0.15) is 26.3 Å². The summed E-state index contributed by atoms with van der Waals surface area (Å²) in [6.07, 6.45) is 2.23. The first-order chi connectivity index (χ1) is 15.8. The molecule has 1 aromatic heterocycles. The third-order valence-corrected chi connectivity index (χ3v) is 9.19. The van der Waals surface area contributed by atoms with E-state index in [2.05, 4.69) is 24.8 Å². The van der Waals surface area contributed by atoms with Crippen LogP contribution in [0.15, 0.2) is 52.3 Å². The molecule has 0 atom stereocenters. The van der Waals surface area contributed by atoms with Gasteiger partial charge in [-0.15, -0.1) is 11.8 Å². The lowest BCUT2D eigenvalue weighted by Crippen LogP contribution is -2.39. The molecular formula is C24H31N3O3S3. The van der Waals surface area contributed by atoms with Crippen LogP contribution in [0.25, 0.3) is 10.2 Å². The summed E-state index contributed by atoms with van der Waals surface area (Å²) in [5.41, 5.74) is 1.68. The number of carbonyl (C=O) groups is 1. The Bertz CT molecular complexity index is 1190. The van der Waals surface area contributed by atoms with Crippen LogP contribution in [-0.2, 0) is 21.1 Å². The Balaban J connectivity index is 1.86. The highest BCUT2D eigenvalue weighted by Crippen LogP contribution is 2.32. The fraction of sp³-hybridized carbons (Fsp3) is 0.417. The molecule has 0 bridgehead atoms. The first kappa shape index (κ1) is 25.7. The van der Waals surface area contributed by atoms with Crippen LogP contribution in [0.4, 0.5) is 5.13 Å². The summed E-state index contributed by atoms with van der Waals surface area (Å²) < 4.78 is 25.2. The van der Waals surface area contributed by atoms with Crippen molar-refractivity contribution in [2.75, 3.05) is 43.1 Å². The van der Waals surface area contributed by atoms with Crippen LogP contribution < -0.4 is 4.90 Å². The van der Waals surface area contributed by atoms with Crippen LogP contribution in [0, 0.1) is 0 Å². The highest BCUT2D eigenvalue weighted by atomic mass is 32.2. The van der Waals surface area contributed by atoms with Gasteiger partial charge in [-0.1, -0.05) is 44.2 Å².